The first-order chi connectivity index (χ1) is 13.1. The van der Waals surface area contributed by atoms with E-state index in [0.29, 0.717) is 11.8 Å². The fraction of sp³-hybridized carbons (Fsp3) is 0.842. The van der Waals surface area contributed by atoms with Crippen LogP contribution in [0.5, 0.6) is 0 Å². The predicted molar refractivity (Wildman–Crippen MR) is 121 cm³/mol. The normalized spacial score (nSPS) is 21.8. The number of nitrogens with one attached hydrogen (secondary N) is 1. The van der Waals surface area contributed by atoms with Gasteiger partial charge in [-0.2, -0.15) is 0 Å². The van der Waals surface area contributed by atoms with Gasteiger partial charge in [0.15, 0.2) is 5.96 Å². The third kappa shape index (κ3) is 5.95. The first-order valence-electron chi connectivity index (χ1n) is 10.3. The van der Waals surface area contributed by atoms with Gasteiger partial charge in [0.1, 0.15) is 0 Å². The quantitative estimate of drug-likeness (QED) is 0.337. The third-order valence-electron chi connectivity index (χ3n) is 6.09. The van der Waals surface area contributed by atoms with Crippen molar-refractivity contribution in [3.05, 3.63) is 0 Å². The van der Waals surface area contributed by atoms with E-state index in [2.05, 4.69) is 25.0 Å². The molecule has 2 amide bonds. The van der Waals surface area contributed by atoms with E-state index in [1.165, 1.54) is 6.42 Å². The average Bonchev–Trinajstić information content (AvgIpc) is 2.64. The Labute approximate surface area is 185 Å². The van der Waals surface area contributed by atoms with Crippen LogP contribution in [0, 0.1) is 5.92 Å². The second kappa shape index (κ2) is 11.2. The molecular formula is C19H35IN6O2. The van der Waals surface area contributed by atoms with Crippen LogP contribution in [-0.2, 0) is 9.59 Å². The first-order valence-corrected chi connectivity index (χ1v) is 10.3. The molecular weight excluding hydrogens is 471 g/mol. The van der Waals surface area contributed by atoms with Crippen LogP contribution >= 0.6 is 24.0 Å². The lowest BCUT2D eigenvalue weighted by Crippen LogP contribution is -2.55. The highest BCUT2D eigenvalue weighted by atomic mass is 127. The predicted octanol–water partition coefficient (Wildman–Crippen LogP) is 0.288. The van der Waals surface area contributed by atoms with Gasteiger partial charge in [-0.15, -0.1) is 24.0 Å². The smallest absolute Gasteiger partial charge is 0.225 e. The van der Waals surface area contributed by atoms with Gasteiger partial charge in [0.25, 0.3) is 0 Å². The molecule has 9 heteroatoms. The molecule has 3 rings (SSSR count). The number of amides is 2. The van der Waals surface area contributed by atoms with Crippen molar-refractivity contribution < 1.29 is 9.59 Å². The SMILES string of the molecule is CN=C(NCCN1CCN(C(=O)C2CCC2)CC1)N1CCN(C(C)=O)CC1.I. The molecule has 2 aliphatic heterocycles. The first kappa shape index (κ1) is 23.2. The third-order valence-corrected chi connectivity index (χ3v) is 6.09. The second-order valence-corrected chi connectivity index (χ2v) is 7.76. The summed E-state index contributed by atoms with van der Waals surface area (Å²) in [5.41, 5.74) is 0. The van der Waals surface area contributed by atoms with E-state index in [4.69, 9.17) is 0 Å². The highest BCUT2D eigenvalue weighted by Crippen LogP contribution is 2.28. The molecule has 2 heterocycles. The van der Waals surface area contributed by atoms with Crippen LogP contribution in [0.4, 0.5) is 0 Å². The lowest BCUT2D eigenvalue weighted by Gasteiger charge is -2.38. The molecule has 0 bridgehead atoms. The number of aliphatic imine (C=N–C) groups is 1. The lowest BCUT2D eigenvalue weighted by atomic mass is 9.84. The van der Waals surface area contributed by atoms with Crippen molar-refractivity contribution in [3.8, 4) is 0 Å². The van der Waals surface area contributed by atoms with Crippen LogP contribution in [-0.4, -0.2) is 110 Å². The number of piperazine rings is 2. The molecule has 3 fully saturated rings. The standard InChI is InChI=1S/C19H34N6O2.HI/c1-16(26)23-12-14-25(15-13-23)19(20-2)21-6-7-22-8-10-24(11-9-22)18(27)17-4-3-5-17;/h17H,3-15H2,1-2H3,(H,20,21);1H. The van der Waals surface area contributed by atoms with E-state index in [9.17, 15) is 9.59 Å². The molecule has 0 aromatic carbocycles. The van der Waals surface area contributed by atoms with Crippen molar-refractivity contribution in [2.75, 3.05) is 72.5 Å². The molecule has 1 saturated carbocycles. The van der Waals surface area contributed by atoms with E-state index in [1.807, 2.05) is 11.9 Å². The zero-order valence-electron chi connectivity index (χ0n) is 17.2. The number of carbonyl (C=O) groups is 2. The Balaban J connectivity index is 0.00000280. The maximum Gasteiger partial charge on any atom is 0.225 e. The molecule has 8 nitrogen and oxygen atoms in total. The van der Waals surface area contributed by atoms with Crippen LogP contribution < -0.4 is 5.32 Å². The van der Waals surface area contributed by atoms with Crippen molar-refractivity contribution in [3.63, 3.8) is 0 Å². The summed E-state index contributed by atoms with van der Waals surface area (Å²) in [4.78, 5) is 36.7. The van der Waals surface area contributed by atoms with E-state index in [-0.39, 0.29) is 29.9 Å². The maximum absolute atomic E-state index is 12.3. The topological polar surface area (TPSA) is 71.5 Å². The monoisotopic (exact) mass is 506 g/mol. The highest BCUT2D eigenvalue weighted by Gasteiger charge is 2.31. The summed E-state index contributed by atoms with van der Waals surface area (Å²) >= 11 is 0. The van der Waals surface area contributed by atoms with Gasteiger partial charge >= 0.3 is 0 Å². The van der Waals surface area contributed by atoms with Gasteiger partial charge in [-0.25, -0.2) is 0 Å². The number of hydrogen-bond donors (Lipinski definition) is 1. The Morgan fingerprint density at radius 3 is 2.00 bits per heavy atom. The van der Waals surface area contributed by atoms with Crippen LogP contribution in [0.25, 0.3) is 0 Å². The van der Waals surface area contributed by atoms with Crippen molar-refractivity contribution in [1.29, 1.82) is 0 Å². The molecule has 0 aromatic rings. The Bertz CT molecular complexity index is 553. The van der Waals surface area contributed by atoms with Gasteiger partial charge in [0.2, 0.25) is 11.8 Å². The number of carbonyl (C=O) groups excluding carboxylic acids is 2. The van der Waals surface area contributed by atoms with Crippen LogP contribution in [0.2, 0.25) is 0 Å². The summed E-state index contributed by atoms with van der Waals surface area (Å²) in [5.74, 6) is 1.75. The molecule has 3 aliphatic rings. The Hall–Kier alpha value is -1.10. The van der Waals surface area contributed by atoms with E-state index < -0.39 is 0 Å². The van der Waals surface area contributed by atoms with E-state index >= 15 is 0 Å². The fourth-order valence-electron chi connectivity index (χ4n) is 4.00. The summed E-state index contributed by atoms with van der Waals surface area (Å²) in [7, 11) is 1.81. The van der Waals surface area contributed by atoms with Crippen molar-refractivity contribution >= 4 is 41.8 Å². The number of hydrogen-bond acceptors (Lipinski definition) is 4. The van der Waals surface area contributed by atoms with Gasteiger partial charge < -0.3 is 20.0 Å². The summed E-state index contributed by atoms with van der Waals surface area (Å²) < 4.78 is 0. The zero-order chi connectivity index (χ0) is 19.2. The van der Waals surface area contributed by atoms with E-state index in [1.54, 1.807) is 6.92 Å². The zero-order valence-corrected chi connectivity index (χ0v) is 19.6. The molecule has 0 radical (unpaired) electrons. The molecule has 1 N–H and O–H groups in total. The Kier molecular flexibility index (Phi) is 9.26. The van der Waals surface area contributed by atoms with Gasteiger partial charge in [0.05, 0.1) is 0 Å². The number of nitrogens with zero attached hydrogens (tertiary/aromatic N) is 5. The molecule has 28 heavy (non-hydrogen) atoms. The van der Waals surface area contributed by atoms with E-state index in [0.717, 1.165) is 84.2 Å². The molecule has 0 unspecified atom stereocenters. The maximum atomic E-state index is 12.3. The molecule has 0 atom stereocenters. The van der Waals surface area contributed by atoms with Crippen molar-refractivity contribution in [1.82, 2.24) is 24.9 Å². The minimum atomic E-state index is 0. The second-order valence-electron chi connectivity index (χ2n) is 7.76. The fourth-order valence-corrected chi connectivity index (χ4v) is 4.00. The largest absolute Gasteiger partial charge is 0.355 e. The molecule has 1 aliphatic carbocycles. The van der Waals surface area contributed by atoms with Gasteiger partial charge in [-0.05, 0) is 12.8 Å². The lowest BCUT2D eigenvalue weighted by molar-refractivity contribution is -0.140. The average molecular weight is 506 g/mol. The minimum Gasteiger partial charge on any atom is -0.355 e. The summed E-state index contributed by atoms with van der Waals surface area (Å²) in [5, 5.41) is 3.45. The number of guanidine groups is 1. The molecule has 0 spiro atoms. The number of rotatable bonds is 4. The minimum absolute atomic E-state index is 0. The van der Waals surface area contributed by atoms with Gasteiger partial charge in [0, 0.05) is 85.3 Å². The van der Waals surface area contributed by atoms with Crippen LogP contribution in [0.1, 0.15) is 26.2 Å². The molecule has 0 aromatic heterocycles. The van der Waals surface area contributed by atoms with Crippen molar-refractivity contribution in [2.45, 2.75) is 26.2 Å². The summed E-state index contributed by atoms with van der Waals surface area (Å²) in [6.07, 6.45) is 3.39. The van der Waals surface area contributed by atoms with Gasteiger partial charge in [-0.3, -0.25) is 19.5 Å². The number of halogens is 1. The molecule has 160 valence electrons. The van der Waals surface area contributed by atoms with Crippen molar-refractivity contribution in [2.24, 2.45) is 10.9 Å². The molecule has 2 saturated heterocycles. The summed E-state index contributed by atoms with van der Waals surface area (Å²) in [6, 6.07) is 0. The Morgan fingerprint density at radius 1 is 0.929 bits per heavy atom. The summed E-state index contributed by atoms with van der Waals surface area (Å²) in [6.45, 7) is 10.2. The Morgan fingerprint density at radius 2 is 1.50 bits per heavy atom. The van der Waals surface area contributed by atoms with Crippen LogP contribution in [0.15, 0.2) is 4.99 Å². The highest BCUT2D eigenvalue weighted by molar-refractivity contribution is 14.0. The van der Waals surface area contributed by atoms with Gasteiger partial charge in [-0.1, -0.05) is 6.42 Å². The van der Waals surface area contributed by atoms with Crippen LogP contribution in [0.3, 0.4) is 0 Å².